The highest BCUT2D eigenvalue weighted by Gasteiger charge is 2.15. The number of aliphatic carboxylic acids is 1. The van der Waals surface area contributed by atoms with Crippen LogP contribution in [0.5, 0.6) is 0 Å². The third-order valence-electron chi connectivity index (χ3n) is 1.22. The molecule has 0 spiro atoms. The fourth-order valence-corrected chi connectivity index (χ4v) is 0.372. The van der Waals surface area contributed by atoms with Crippen LogP contribution in [0.15, 0.2) is 12.7 Å². The van der Waals surface area contributed by atoms with E-state index in [2.05, 4.69) is 6.58 Å². The summed E-state index contributed by atoms with van der Waals surface area (Å²) >= 11 is 0. The highest BCUT2D eigenvalue weighted by Crippen LogP contribution is 1.99. The third-order valence-corrected chi connectivity index (χ3v) is 1.22. The maximum atomic E-state index is 10.1. The molecule has 0 bridgehead atoms. The summed E-state index contributed by atoms with van der Waals surface area (Å²) in [4.78, 5) is 10.1. The summed E-state index contributed by atoms with van der Waals surface area (Å²) in [6.45, 7) is 5.13. The lowest BCUT2D eigenvalue weighted by molar-refractivity contribution is -0.139. The highest BCUT2D eigenvalue weighted by molar-refractivity contribution is 5.85. The number of carbonyl (C=O) groups is 1. The predicted molar refractivity (Wildman–Crippen MR) is 42.2 cm³/mol. The van der Waals surface area contributed by atoms with Gasteiger partial charge in [0.1, 0.15) is 6.04 Å². The molecule has 0 radical (unpaired) electrons. The fraction of sp³-hybridized carbons (Fsp3) is 0.500. The zero-order chi connectivity index (χ0) is 7.44. The van der Waals surface area contributed by atoms with Crippen molar-refractivity contribution in [3.8, 4) is 0 Å². The van der Waals surface area contributed by atoms with Crippen molar-refractivity contribution in [1.29, 1.82) is 0 Å². The molecule has 0 heterocycles. The van der Waals surface area contributed by atoms with Crippen LogP contribution in [0.4, 0.5) is 0 Å². The molecule has 4 heteroatoms. The van der Waals surface area contributed by atoms with E-state index >= 15 is 0 Å². The van der Waals surface area contributed by atoms with Crippen LogP contribution in [0, 0.1) is 5.92 Å². The third kappa shape index (κ3) is 3.48. The maximum Gasteiger partial charge on any atom is 0.321 e. The number of carboxylic acids is 1. The van der Waals surface area contributed by atoms with E-state index in [4.69, 9.17) is 10.8 Å². The molecule has 3 nitrogen and oxygen atoms in total. The van der Waals surface area contributed by atoms with Crippen molar-refractivity contribution in [3.63, 3.8) is 0 Å². The Kier molecular flexibility index (Phi) is 6.40. The maximum absolute atomic E-state index is 10.1. The van der Waals surface area contributed by atoms with E-state index in [0.717, 1.165) is 0 Å². The van der Waals surface area contributed by atoms with Gasteiger partial charge in [0.2, 0.25) is 0 Å². The molecule has 0 aliphatic carbocycles. The minimum absolute atomic E-state index is 0. The SMILES string of the molecule is C=C[C@@H](C)[C@@H](N)C(=O)O.Cl. The first-order valence-electron chi connectivity index (χ1n) is 2.70. The molecular weight excluding hydrogens is 154 g/mol. The molecule has 0 fully saturated rings. The molecule has 0 saturated carbocycles. The smallest absolute Gasteiger partial charge is 0.321 e. The molecule has 2 atom stereocenters. The van der Waals surface area contributed by atoms with Crippen molar-refractivity contribution in [1.82, 2.24) is 0 Å². The van der Waals surface area contributed by atoms with Crippen LogP contribution in [0.2, 0.25) is 0 Å². The summed E-state index contributed by atoms with van der Waals surface area (Å²) in [6, 6.07) is -0.817. The summed E-state index contributed by atoms with van der Waals surface area (Å²) in [5.41, 5.74) is 5.20. The number of hydrogen-bond donors (Lipinski definition) is 2. The molecule has 0 aromatic carbocycles. The Balaban J connectivity index is 0. The number of hydrogen-bond acceptors (Lipinski definition) is 2. The Morgan fingerprint density at radius 2 is 2.20 bits per heavy atom. The van der Waals surface area contributed by atoms with Gasteiger partial charge in [0, 0.05) is 0 Å². The van der Waals surface area contributed by atoms with Crippen molar-refractivity contribution >= 4 is 18.4 Å². The quantitative estimate of drug-likeness (QED) is 0.604. The van der Waals surface area contributed by atoms with Gasteiger partial charge in [-0.1, -0.05) is 13.0 Å². The van der Waals surface area contributed by atoms with Crippen molar-refractivity contribution in [2.45, 2.75) is 13.0 Å². The van der Waals surface area contributed by atoms with E-state index in [-0.39, 0.29) is 18.3 Å². The van der Waals surface area contributed by atoms with Gasteiger partial charge in [0.15, 0.2) is 0 Å². The van der Waals surface area contributed by atoms with Gasteiger partial charge in [-0.3, -0.25) is 4.79 Å². The van der Waals surface area contributed by atoms with Crippen LogP contribution in [-0.4, -0.2) is 17.1 Å². The van der Waals surface area contributed by atoms with Gasteiger partial charge >= 0.3 is 5.97 Å². The summed E-state index contributed by atoms with van der Waals surface area (Å²) in [6.07, 6.45) is 1.53. The predicted octanol–water partition coefficient (Wildman–Crippen LogP) is 0.642. The standard InChI is InChI=1S/C6H11NO2.ClH/c1-3-4(2)5(7)6(8)9;/h3-5H,1,7H2,2H3,(H,8,9);1H/t4-,5-;/m1./s1. The van der Waals surface area contributed by atoms with Crippen LogP contribution in [0.3, 0.4) is 0 Å². The molecule has 3 N–H and O–H groups in total. The molecule has 0 rings (SSSR count). The lowest BCUT2D eigenvalue weighted by Gasteiger charge is -2.09. The Hall–Kier alpha value is -0.540. The first-order chi connectivity index (χ1) is 4.09. The van der Waals surface area contributed by atoms with E-state index in [1.54, 1.807) is 6.92 Å². The van der Waals surface area contributed by atoms with Crippen LogP contribution >= 0.6 is 12.4 Å². The van der Waals surface area contributed by atoms with Crippen LogP contribution in [-0.2, 0) is 4.79 Å². The fourth-order valence-electron chi connectivity index (χ4n) is 0.372. The van der Waals surface area contributed by atoms with E-state index < -0.39 is 12.0 Å². The second kappa shape index (κ2) is 5.26. The molecule has 0 amide bonds. The molecule has 0 aromatic rings. The number of rotatable bonds is 3. The summed E-state index contributed by atoms with van der Waals surface area (Å²) < 4.78 is 0. The number of carboxylic acid groups (broad SMARTS) is 1. The van der Waals surface area contributed by atoms with E-state index in [0.29, 0.717) is 0 Å². The van der Waals surface area contributed by atoms with Gasteiger partial charge in [-0.15, -0.1) is 19.0 Å². The Bertz CT molecular complexity index is 127. The minimum Gasteiger partial charge on any atom is -0.480 e. The highest BCUT2D eigenvalue weighted by atomic mass is 35.5. The van der Waals surface area contributed by atoms with Gasteiger partial charge in [-0.2, -0.15) is 0 Å². The Morgan fingerprint density at radius 3 is 2.30 bits per heavy atom. The summed E-state index contributed by atoms with van der Waals surface area (Å²) in [5, 5.41) is 8.31. The monoisotopic (exact) mass is 165 g/mol. The first kappa shape index (κ1) is 12.2. The molecular formula is C6H12ClNO2. The van der Waals surface area contributed by atoms with E-state index in [9.17, 15) is 4.79 Å². The zero-order valence-electron chi connectivity index (χ0n) is 5.78. The van der Waals surface area contributed by atoms with E-state index in [1.807, 2.05) is 0 Å². The van der Waals surface area contributed by atoms with Crippen molar-refractivity contribution in [2.75, 3.05) is 0 Å². The molecule has 0 aromatic heterocycles. The van der Waals surface area contributed by atoms with Crippen LogP contribution < -0.4 is 5.73 Å². The Labute approximate surface area is 66.3 Å². The molecule has 0 aliphatic rings. The number of nitrogens with two attached hydrogens (primary N) is 1. The van der Waals surface area contributed by atoms with Crippen molar-refractivity contribution < 1.29 is 9.90 Å². The van der Waals surface area contributed by atoms with Crippen LogP contribution in [0.1, 0.15) is 6.92 Å². The average Bonchev–Trinajstić information content (AvgIpc) is 1.84. The first-order valence-corrected chi connectivity index (χ1v) is 2.70. The van der Waals surface area contributed by atoms with Crippen molar-refractivity contribution in [3.05, 3.63) is 12.7 Å². The Morgan fingerprint density at radius 1 is 1.80 bits per heavy atom. The largest absolute Gasteiger partial charge is 0.480 e. The molecule has 0 unspecified atom stereocenters. The van der Waals surface area contributed by atoms with Gasteiger partial charge in [0.05, 0.1) is 0 Å². The topological polar surface area (TPSA) is 63.3 Å². The lowest BCUT2D eigenvalue weighted by Crippen LogP contribution is -2.35. The number of halogens is 1. The molecule has 60 valence electrons. The average molecular weight is 166 g/mol. The normalized spacial score (nSPS) is 14.6. The van der Waals surface area contributed by atoms with Crippen LogP contribution in [0.25, 0.3) is 0 Å². The second-order valence-electron chi connectivity index (χ2n) is 1.96. The molecule has 0 saturated heterocycles. The molecule has 10 heavy (non-hydrogen) atoms. The summed E-state index contributed by atoms with van der Waals surface area (Å²) in [7, 11) is 0. The second-order valence-corrected chi connectivity index (χ2v) is 1.96. The van der Waals surface area contributed by atoms with Gasteiger partial charge in [-0.05, 0) is 5.92 Å². The minimum atomic E-state index is -0.984. The van der Waals surface area contributed by atoms with Gasteiger partial charge < -0.3 is 10.8 Å². The lowest BCUT2D eigenvalue weighted by atomic mass is 10.0. The summed E-state index contributed by atoms with van der Waals surface area (Å²) in [5.74, 6) is -1.15. The van der Waals surface area contributed by atoms with Gasteiger partial charge in [0.25, 0.3) is 0 Å². The zero-order valence-corrected chi connectivity index (χ0v) is 6.60. The van der Waals surface area contributed by atoms with E-state index in [1.165, 1.54) is 6.08 Å². The van der Waals surface area contributed by atoms with Gasteiger partial charge in [-0.25, -0.2) is 0 Å². The van der Waals surface area contributed by atoms with Crippen molar-refractivity contribution in [2.24, 2.45) is 11.7 Å². The molecule has 0 aliphatic heterocycles.